The van der Waals surface area contributed by atoms with E-state index in [2.05, 4.69) is 20.9 Å². The molecule has 1 aromatic heterocycles. The van der Waals surface area contributed by atoms with Crippen molar-refractivity contribution in [2.75, 3.05) is 0 Å². The third-order valence-electron chi connectivity index (χ3n) is 1.43. The SMILES string of the molecule is FC(F)c1nc(C(F)(F)F)c(Br)cc1I. The van der Waals surface area contributed by atoms with E-state index in [9.17, 15) is 22.0 Å². The molecule has 0 aliphatic carbocycles. The second-order valence-corrected chi connectivity index (χ2v) is 4.50. The summed E-state index contributed by atoms with van der Waals surface area (Å²) in [5, 5.41) is 0. The molecule has 0 amide bonds. The van der Waals surface area contributed by atoms with Gasteiger partial charge in [-0.15, -0.1) is 0 Å². The molecule has 1 aromatic rings. The summed E-state index contributed by atoms with van der Waals surface area (Å²) < 4.78 is 61.1. The van der Waals surface area contributed by atoms with Gasteiger partial charge in [0.25, 0.3) is 6.43 Å². The Morgan fingerprint density at radius 3 is 2.27 bits per heavy atom. The van der Waals surface area contributed by atoms with Gasteiger partial charge < -0.3 is 0 Å². The third-order valence-corrected chi connectivity index (χ3v) is 2.90. The quantitative estimate of drug-likeness (QED) is 0.502. The lowest BCUT2D eigenvalue weighted by molar-refractivity contribution is -0.142. The first kappa shape index (κ1) is 13.1. The lowest BCUT2D eigenvalue weighted by Crippen LogP contribution is -2.12. The maximum absolute atomic E-state index is 12.3. The molecule has 0 saturated carbocycles. The fourth-order valence-corrected chi connectivity index (χ4v) is 2.47. The van der Waals surface area contributed by atoms with Gasteiger partial charge in [0, 0.05) is 8.04 Å². The smallest absolute Gasteiger partial charge is 0.240 e. The van der Waals surface area contributed by atoms with Crippen molar-refractivity contribution in [2.45, 2.75) is 12.6 Å². The molecular formula is C7H2BrF5IN. The summed E-state index contributed by atoms with van der Waals surface area (Å²) in [6.45, 7) is 0. The van der Waals surface area contributed by atoms with Crippen LogP contribution >= 0.6 is 38.5 Å². The summed E-state index contributed by atoms with van der Waals surface area (Å²) >= 11 is 4.14. The molecule has 1 nitrogen and oxygen atoms in total. The molecule has 1 heterocycles. The van der Waals surface area contributed by atoms with Crippen LogP contribution in [0.4, 0.5) is 22.0 Å². The van der Waals surface area contributed by atoms with Crippen LogP contribution in [0, 0.1) is 3.57 Å². The van der Waals surface area contributed by atoms with Crippen LogP contribution in [0.5, 0.6) is 0 Å². The highest BCUT2D eigenvalue weighted by Crippen LogP contribution is 2.36. The molecule has 0 bridgehead atoms. The fourth-order valence-electron chi connectivity index (χ4n) is 0.833. The molecule has 1 rings (SSSR count). The molecule has 0 atom stereocenters. The maximum Gasteiger partial charge on any atom is 0.434 e. The molecule has 0 saturated heterocycles. The van der Waals surface area contributed by atoms with Gasteiger partial charge in [-0.2, -0.15) is 13.2 Å². The molecule has 0 aliphatic heterocycles. The topological polar surface area (TPSA) is 12.9 Å². The molecule has 0 aliphatic rings. The highest BCUT2D eigenvalue weighted by atomic mass is 127. The van der Waals surface area contributed by atoms with Gasteiger partial charge in [-0.3, -0.25) is 0 Å². The summed E-state index contributed by atoms with van der Waals surface area (Å²) in [4.78, 5) is 2.91. The Morgan fingerprint density at radius 2 is 1.87 bits per heavy atom. The second kappa shape index (κ2) is 4.48. The number of hydrogen-bond acceptors (Lipinski definition) is 1. The van der Waals surface area contributed by atoms with Crippen LogP contribution in [0.3, 0.4) is 0 Å². The fraction of sp³-hybridized carbons (Fsp3) is 0.286. The minimum Gasteiger partial charge on any atom is -0.240 e. The van der Waals surface area contributed by atoms with Gasteiger partial charge in [0.15, 0.2) is 5.69 Å². The van der Waals surface area contributed by atoms with E-state index < -0.39 is 24.0 Å². The van der Waals surface area contributed by atoms with Crippen molar-refractivity contribution in [3.8, 4) is 0 Å². The summed E-state index contributed by atoms with van der Waals surface area (Å²) in [6, 6.07) is 0.970. The number of nitrogens with zero attached hydrogens (tertiary/aromatic N) is 1. The number of alkyl halides is 5. The molecule has 0 aromatic carbocycles. The standard InChI is InChI=1S/C7H2BrF5IN/c8-2-1-3(14)4(6(9)10)15-5(2)7(11,12)13/h1,6H. The molecule has 0 spiro atoms. The first-order valence-corrected chi connectivity index (χ1v) is 5.32. The van der Waals surface area contributed by atoms with Crippen LogP contribution in [-0.2, 0) is 6.18 Å². The average molecular weight is 402 g/mol. The molecule has 15 heavy (non-hydrogen) atoms. The van der Waals surface area contributed by atoms with Crippen LogP contribution in [-0.4, -0.2) is 4.98 Å². The van der Waals surface area contributed by atoms with Crippen LogP contribution in [0.25, 0.3) is 0 Å². The molecule has 0 radical (unpaired) electrons. The Bertz CT molecular complexity index is 378. The van der Waals surface area contributed by atoms with E-state index in [0.29, 0.717) is 0 Å². The number of rotatable bonds is 1. The largest absolute Gasteiger partial charge is 0.434 e. The lowest BCUT2D eigenvalue weighted by atomic mass is 10.3. The van der Waals surface area contributed by atoms with Crippen molar-refractivity contribution < 1.29 is 22.0 Å². The van der Waals surface area contributed by atoms with Crippen molar-refractivity contribution in [2.24, 2.45) is 0 Å². The van der Waals surface area contributed by atoms with E-state index in [0.717, 1.165) is 6.07 Å². The number of halogens is 7. The molecule has 8 heteroatoms. The highest BCUT2D eigenvalue weighted by Gasteiger charge is 2.36. The van der Waals surface area contributed by atoms with Gasteiger partial charge in [0.05, 0.1) is 0 Å². The summed E-state index contributed by atoms with van der Waals surface area (Å²) in [7, 11) is 0. The van der Waals surface area contributed by atoms with Gasteiger partial charge in [0.2, 0.25) is 0 Å². The maximum atomic E-state index is 12.3. The molecule has 0 unspecified atom stereocenters. The van der Waals surface area contributed by atoms with Gasteiger partial charge in [-0.05, 0) is 44.6 Å². The minimum atomic E-state index is -4.74. The van der Waals surface area contributed by atoms with Gasteiger partial charge >= 0.3 is 6.18 Å². The van der Waals surface area contributed by atoms with Gasteiger partial charge in [0.1, 0.15) is 5.69 Å². The average Bonchev–Trinajstić information content (AvgIpc) is 2.00. The van der Waals surface area contributed by atoms with Crippen molar-refractivity contribution in [3.05, 3.63) is 25.5 Å². The Balaban J connectivity index is 3.37. The van der Waals surface area contributed by atoms with E-state index in [1.165, 1.54) is 22.6 Å². The zero-order valence-electron chi connectivity index (χ0n) is 6.75. The Labute approximate surface area is 103 Å². The molecule has 84 valence electrons. The van der Waals surface area contributed by atoms with Crippen molar-refractivity contribution in [3.63, 3.8) is 0 Å². The Kier molecular flexibility index (Phi) is 3.90. The first-order valence-electron chi connectivity index (χ1n) is 3.44. The van der Waals surface area contributed by atoms with Gasteiger partial charge in [-0.25, -0.2) is 13.8 Å². The zero-order chi connectivity index (χ0) is 11.8. The van der Waals surface area contributed by atoms with E-state index in [1.807, 2.05) is 0 Å². The minimum absolute atomic E-state index is 0.0116. The first-order chi connectivity index (χ1) is 6.73. The van der Waals surface area contributed by atoms with E-state index in [4.69, 9.17) is 0 Å². The lowest BCUT2D eigenvalue weighted by Gasteiger charge is -2.11. The molecule has 0 N–H and O–H groups in total. The number of pyridine rings is 1. The van der Waals surface area contributed by atoms with Crippen molar-refractivity contribution in [1.82, 2.24) is 4.98 Å². The van der Waals surface area contributed by atoms with E-state index >= 15 is 0 Å². The zero-order valence-corrected chi connectivity index (χ0v) is 10.5. The number of hydrogen-bond donors (Lipinski definition) is 0. The van der Waals surface area contributed by atoms with E-state index in [1.54, 1.807) is 0 Å². The predicted molar refractivity (Wildman–Crippen MR) is 54.6 cm³/mol. The van der Waals surface area contributed by atoms with Crippen molar-refractivity contribution >= 4 is 38.5 Å². The highest BCUT2D eigenvalue weighted by molar-refractivity contribution is 14.1. The molecular weight excluding hydrogens is 400 g/mol. The monoisotopic (exact) mass is 401 g/mol. The van der Waals surface area contributed by atoms with Crippen LogP contribution in [0.2, 0.25) is 0 Å². The van der Waals surface area contributed by atoms with Crippen LogP contribution < -0.4 is 0 Å². The predicted octanol–water partition coefficient (Wildman–Crippen LogP) is 4.41. The Morgan fingerprint density at radius 1 is 1.33 bits per heavy atom. The van der Waals surface area contributed by atoms with Crippen molar-refractivity contribution in [1.29, 1.82) is 0 Å². The van der Waals surface area contributed by atoms with Gasteiger partial charge in [-0.1, -0.05) is 0 Å². The normalized spacial score (nSPS) is 12.3. The second-order valence-electron chi connectivity index (χ2n) is 2.48. The summed E-state index contributed by atoms with van der Waals surface area (Å²) in [6.07, 6.45) is -7.77. The van der Waals surface area contributed by atoms with E-state index in [-0.39, 0.29) is 8.04 Å². The third kappa shape index (κ3) is 2.99. The molecule has 0 fully saturated rings. The van der Waals surface area contributed by atoms with Crippen LogP contribution in [0.1, 0.15) is 17.8 Å². The van der Waals surface area contributed by atoms with Crippen LogP contribution in [0.15, 0.2) is 10.5 Å². The summed E-state index contributed by atoms with van der Waals surface area (Å²) in [5.74, 6) is 0. The number of aromatic nitrogens is 1. The summed E-state index contributed by atoms with van der Waals surface area (Å²) in [5.41, 5.74) is -2.19. The Hall–Kier alpha value is 0.01000.